The Morgan fingerprint density at radius 2 is 1.97 bits per heavy atom. The van der Waals surface area contributed by atoms with Gasteiger partial charge in [-0.05, 0) is 19.1 Å². The molecule has 1 aliphatic rings. The highest BCUT2D eigenvalue weighted by atomic mass is 16.5. The van der Waals surface area contributed by atoms with Crippen LogP contribution in [-0.2, 0) is 11.8 Å². The van der Waals surface area contributed by atoms with Crippen LogP contribution in [0.3, 0.4) is 0 Å². The number of carbonyl (C=O) groups excluding carboxylic acids is 1. The summed E-state index contributed by atoms with van der Waals surface area (Å²) in [5.41, 5.74) is 1.53. The number of carbonyl (C=O) groups is 1. The first-order chi connectivity index (χ1) is 14.2. The Morgan fingerprint density at radius 1 is 1.17 bits per heavy atom. The number of rotatable bonds is 6. The zero-order valence-electron chi connectivity index (χ0n) is 16.7. The van der Waals surface area contributed by atoms with E-state index in [4.69, 9.17) is 4.74 Å². The molecule has 0 atom stereocenters. The van der Waals surface area contributed by atoms with Crippen LogP contribution in [0.25, 0.3) is 11.0 Å². The fraction of sp³-hybridized carbons (Fsp3) is 0.400. The van der Waals surface area contributed by atoms with Crippen LogP contribution in [0, 0.1) is 0 Å². The first-order valence-electron chi connectivity index (χ1n) is 9.77. The van der Waals surface area contributed by atoms with Crippen LogP contribution >= 0.6 is 0 Å². The molecule has 1 N–H and O–H groups in total. The first-order valence-corrected chi connectivity index (χ1v) is 9.77. The van der Waals surface area contributed by atoms with Gasteiger partial charge in [0.1, 0.15) is 17.9 Å². The summed E-state index contributed by atoms with van der Waals surface area (Å²) in [5, 5.41) is 8.19. The molecule has 4 rings (SSSR count). The normalized spacial score (nSPS) is 14.9. The lowest BCUT2D eigenvalue weighted by Crippen LogP contribution is -2.49. The zero-order valence-corrected chi connectivity index (χ0v) is 16.7. The Morgan fingerprint density at radius 3 is 2.76 bits per heavy atom. The summed E-state index contributed by atoms with van der Waals surface area (Å²) >= 11 is 0. The van der Waals surface area contributed by atoms with E-state index in [1.54, 1.807) is 17.2 Å². The predicted octanol–water partition coefficient (Wildman–Crippen LogP) is 1.52. The molecule has 9 nitrogen and oxygen atoms in total. The van der Waals surface area contributed by atoms with E-state index >= 15 is 0 Å². The highest BCUT2D eigenvalue weighted by Crippen LogP contribution is 2.24. The van der Waals surface area contributed by atoms with Crippen molar-refractivity contribution in [2.24, 2.45) is 7.05 Å². The third kappa shape index (κ3) is 4.14. The number of hydrogen-bond acceptors (Lipinski definition) is 7. The predicted molar refractivity (Wildman–Crippen MR) is 111 cm³/mol. The molecule has 3 heterocycles. The number of piperazine rings is 1. The van der Waals surface area contributed by atoms with Crippen LogP contribution in [0.1, 0.15) is 6.92 Å². The van der Waals surface area contributed by atoms with Crippen LogP contribution in [-0.4, -0.2) is 69.9 Å². The maximum Gasteiger partial charge on any atom is 0.238 e. The second kappa shape index (κ2) is 8.44. The fourth-order valence-corrected chi connectivity index (χ4v) is 3.56. The van der Waals surface area contributed by atoms with Gasteiger partial charge in [-0.1, -0.05) is 12.1 Å². The average Bonchev–Trinajstić information content (AvgIpc) is 3.11. The van der Waals surface area contributed by atoms with Crippen LogP contribution < -0.4 is 15.0 Å². The minimum atomic E-state index is -0.0395. The third-order valence-electron chi connectivity index (χ3n) is 5.01. The first kappa shape index (κ1) is 19.1. The van der Waals surface area contributed by atoms with E-state index in [-0.39, 0.29) is 5.91 Å². The number of benzene rings is 1. The second-order valence-electron chi connectivity index (χ2n) is 6.94. The molecular weight excluding hydrogens is 370 g/mol. The van der Waals surface area contributed by atoms with Gasteiger partial charge in [0.05, 0.1) is 30.4 Å². The van der Waals surface area contributed by atoms with Crippen LogP contribution in [0.5, 0.6) is 5.75 Å². The molecule has 3 aromatic rings. The lowest BCUT2D eigenvalue weighted by molar-refractivity contribution is -0.117. The van der Waals surface area contributed by atoms with Gasteiger partial charge < -0.3 is 15.0 Å². The standard InChI is InChI=1S/C20H25N7O2/c1-3-29-17-7-5-4-6-16(17)24-18(28)13-26-8-10-27(11-9-26)20-15-12-23-25(2)19(15)21-14-22-20/h4-7,12,14H,3,8-11,13H2,1-2H3,(H,24,28). The van der Waals surface area contributed by atoms with Crippen molar-refractivity contribution in [3.8, 4) is 5.75 Å². The van der Waals surface area contributed by atoms with Crippen LogP contribution in [0.15, 0.2) is 36.8 Å². The van der Waals surface area contributed by atoms with E-state index in [0.717, 1.165) is 43.0 Å². The van der Waals surface area contributed by atoms with E-state index in [1.807, 2.05) is 38.2 Å². The van der Waals surface area contributed by atoms with Gasteiger partial charge in [-0.3, -0.25) is 14.4 Å². The quantitative estimate of drug-likeness (QED) is 0.677. The summed E-state index contributed by atoms with van der Waals surface area (Å²) < 4.78 is 7.33. The monoisotopic (exact) mass is 395 g/mol. The molecule has 0 saturated carbocycles. The molecule has 1 fully saturated rings. The minimum Gasteiger partial charge on any atom is -0.492 e. The van der Waals surface area contributed by atoms with Gasteiger partial charge in [-0.15, -0.1) is 0 Å². The molecule has 1 aliphatic heterocycles. The molecule has 0 radical (unpaired) electrons. The zero-order chi connectivity index (χ0) is 20.2. The fourth-order valence-electron chi connectivity index (χ4n) is 3.56. The van der Waals surface area contributed by atoms with Crippen molar-refractivity contribution in [1.29, 1.82) is 0 Å². The van der Waals surface area contributed by atoms with Gasteiger partial charge in [-0.25, -0.2) is 9.97 Å². The Balaban J connectivity index is 1.35. The molecule has 1 aromatic carbocycles. The highest BCUT2D eigenvalue weighted by molar-refractivity contribution is 5.93. The molecule has 2 aromatic heterocycles. The third-order valence-corrected chi connectivity index (χ3v) is 5.01. The number of fused-ring (bicyclic) bond motifs is 1. The SMILES string of the molecule is CCOc1ccccc1NC(=O)CN1CCN(c2ncnc3c2cnn3C)CC1. The van der Waals surface area contributed by atoms with Gasteiger partial charge in [0.25, 0.3) is 0 Å². The number of hydrogen-bond donors (Lipinski definition) is 1. The number of amides is 1. The second-order valence-corrected chi connectivity index (χ2v) is 6.94. The average molecular weight is 395 g/mol. The minimum absolute atomic E-state index is 0.0395. The molecule has 0 spiro atoms. The van der Waals surface area contributed by atoms with E-state index in [9.17, 15) is 4.79 Å². The molecule has 1 amide bonds. The number of aryl methyl sites for hydroxylation is 1. The Bertz CT molecular complexity index is 995. The maximum atomic E-state index is 12.5. The van der Waals surface area contributed by atoms with Gasteiger partial charge in [0.15, 0.2) is 5.65 Å². The topological polar surface area (TPSA) is 88.4 Å². The van der Waals surface area contributed by atoms with E-state index in [0.29, 0.717) is 24.6 Å². The molecule has 29 heavy (non-hydrogen) atoms. The number of para-hydroxylation sites is 2. The van der Waals surface area contributed by atoms with Crippen molar-refractivity contribution < 1.29 is 9.53 Å². The molecule has 0 unspecified atom stereocenters. The summed E-state index contributed by atoms with van der Waals surface area (Å²) in [4.78, 5) is 25.7. The summed E-state index contributed by atoms with van der Waals surface area (Å²) in [5.74, 6) is 1.55. The van der Waals surface area contributed by atoms with Gasteiger partial charge >= 0.3 is 0 Å². The van der Waals surface area contributed by atoms with Gasteiger partial charge in [0, 0.05) is 33.2 Å². The molecule has 9 heteroatoms. The van der Waals surface area contributed by atoms with E-state index in [1.165, 1.54) is 0 Å². The van der Waals surface area contributed by atoms with Crippen LogP contribution in [0.2, 0.25) is 0 Å². The number of anilines is 2. The number of nitrogens with one attached hydrogen (secondary N) is 1. The smallest absolute Gasteiger partial charge is 0.238 e. The molecule has 152 valence electrons. The number of nitrogens with zero attached hydrogens (tertiary/aromatic N) is 6. The largest absolute Gasteiger partial charge is 0.492 e. The lowest BCUT2D eigenvalue weighted by atomic mass is 10.2. The van der Waals surface area contributed by atoms with Crippen molar-refractivity contribution >= 4 is 28.4 Å². The summed E-state index contributed by atoms with van der Waals surface area (Å²) in [6.07, 6.45) is 3.38. The molecule has 1 saturated heterocycles. The van der Waals surface area contributed by atoms with Crippen molar-refractivity contribution in [2.75, 3.05) is 49.5 Å². The van der Waals surface area contributed by atoms with Crippen molar-refractivity contribution in [3.63, 3.8) is 0 Å². The summed E-state index contributed by atoms with van der Waals surface area (Å²) in [6.45, 7) is 5.99. The summed E-state index contributed by atoms with van der Waals surface area (Å²) in [7, 11) is 1.87. The molecule has 0 bridgehead atoms. The Hall–Kier alpha value is -3.20. The van der Waals surface area contributed by atoms with Crippen molar-refractivity contribution in [2.45, 2.75) is 6.92 Å². The van der Waals surface area contributed by atoms with Gasteiger partial charge in [0.2, 0.25) is 5.91 Å². The summed E-state index contributed by atoms with van der Waals surface area (Å²) in [6, 6.07) is 7.50. The van der Waals surface area contributed by atoms with E-state index in [2.05, 4.69) is 30.2 Å². The maximum absolute atomic E-state index is 12.5. The number of ether oxygens (including phenoxy) is 1. The van der Waals surface area contributed by atoms with Crippen molar-refractivity contribution in [1.82, 2.24) is 24.6 Å². The van der Waals surface area contributed by atoms with Gasteiger partial charge in [-0.2, -0.15) is 5.10 Å². The highest BCUT2D eigenvalue weighted by Gasteiger charge is 2.22. The number of aromatic nitrogens is 4. The van der Waals surface area contributed by atoms with E-state index < -0.39 is 0 Å². The Labute approximate surface area is 169 Å². The van der Waals surface area contributed by atoms with Crippen molar-refractivity contribution in [3.05, 3.63) is 36.8 Å². The molecule has 0 aliphatic carbocycles. The Kier molecular flexibility index (Phi) is 5.57. The molecular formula is C20H25N7O2. The lowest BCUT2D eigenvalue weighted by Gasteiger charge is -2.35. The van der Waals surface area contributed by atoms with Crippen LogP contribution in [0.4, 0.5) is 11.5 Å².